The van der Waals surface area contributed by atoms with Crippen molar-refractivity contribution in [2.45, 2.75) is 25.7 Å². The highest BCUT2D eigenvalue weighted by Gasteiger charge is 2.28. The van der Waals surface area contributed by atoms with Gasteiger partial charge in [0.2, 0.25) is 0 Å². The van der Waals surface area contributed by atoms with Crippen molar-refractivity contribution in [3.8, 4) is 0 Å². The number of hydrogen-bond donors (Lipinski definition) is 0. The van der Waals surface area contributed by atoms with E-state index in [4.69, 9.17) is 4.42 Å². The normalized spacial score (nSPS) is 15.8. The number of nitrogens with zero attached hydrogens (tertiary/aromatic N) is 1. The Kier molecular flexibility index (Phi) is 3.23. The molecule has 2 heterocycles. The average molecular weight is 323 g/mol. The van der Waals surface area contributed by atoms with E-state index in [2.05, 4.69) is 36.9 Å². The number of hydrogen-bond acceptors (Lipinski definition) is 4. The molecule has 0 spiro atoms. The van der Waals surface area contributed by atoms with Crippen LogP contribution < -0.4 is 4.90 Å². The van der Waals surface area contributed by atoms with E-state index < -0.39 is 0 Å². The summed E-state index contributed by atoms with van der Waals surface area (Å²) < 4.78 is 6.02. The van der Waals surface area contributed by atoms with E-state index in [0.29, 0.717) is 0 Å². The number of carbonyl (C=O) groups excluding carboxylic acids is 1. The summed E-state index contributed by atoms with van der Waals surface area (Å²) in [5.41, 5.74) is 4.18. The summed E-state index contributed by atoms with van der Waals surface area (Å²) in [6, 6.07) is 10.4. The second kappa shape index (κ2) is 5.17. The van der Waals surface area contributed by atoms with Crippen molar-refractivity contribution in [1.29, 1.82) is 0 Å². The van der Waals surface area contributed by atoms with Crippen LogP contribution in [0.3, 0.4) is 0 Å². The molecule has 4 rings (SSSR count). The molecule has 0 N–H and O–H groups in total. The third kappa shape index (κ3) is 2.17. The minimum absolute atomic E-state index is 0.0721. The number of carbonyl (C=O) groups is 1. The number of anilines is 1. The lowest BCUT2D eigenvalue weighted by molar-refractivity contribution is -0.112. The lowest BCUT2D eigenvalue weighted by Gasteiger charge is -2.18. The summed E-state index contributed by atoms with van der Waals surface area (Å²) in [6.07, 6.45) is 1.72. The molecule has 3 nitrogen and oxygen atoms in total. The van der Waals surface area contributed by atoms with E-state index in [0.717, 1.165) is 39.2 Å². The van der Waals surface area contributed by atoms with Crippen molar-refractivity contribution in [1.82, 2.24) is 0 Å². The van der Waals surface area contributed by atoms with Gasteiger partial charge in [0.15, 0.2) is 5.78 Å². The van der Waals surface area contributed by atoms with Crippen LogP contribution in [0.5, 0.6) is 0 Å². The molecule has 4 heteroatoms. The van der Waals surface area contributed by atoms with Gasteiger partial charge in [-0.25, -0.2) is 0 Å². The molecule has 2 aromatic carbocycles. The Labute approximate surface area is 138 Å². The van der Waals surface area contributed by atoms with Gasteiger partial charge in [-0.1, -0.05) is 23.4 Å². The van der Waals surface area contributed by atoms with E-state index in [1.165, 1.54) is 10.5 Å². The molecule has 0 aliphatic carbocycles. The molecule has 0 atom stereocenters. The summed E-state index contributed by atoms with van der Waals surface area (Å²) in [7, 11) is 0. The Balaban J connectivity index is 2.06. The third-order valence-corrected chi connectivity index (χ3v) is 5.22. The maximum atomic E-state index is 11.5. The molecule has 23 heavy (non-hydrogen) atoms. The zero-order valence-corrected chi connectivity index (χ0v) is 14.2. The maximum Gasteiger partial charge on any atom is 0.155 e. The van der Waals surface area contributed by atoms with Crippen LogP contribution in [0.25, 0.3) is 21.9 Å². The molecule has 0 fully saturated rings. The standard InChI is InChI=1S/C19H17NO2S/c1-4-20-17(10-12(3)21)23-16-8-7-15-18(19(16)20)13-9-11(2)5-6-14(13)22-15/h5-10H,4H2,1-3H3. The largest absolute Gasteiger partial charge is 0.456 e. The molecule has 3 aromatic rings. The Bertz CT molecular complexity index is 984. The van der Waals surface area contributed by atoms with Crippen LogP contribution in [0.1, 0.15) is 19.4 Å². The van der Waals surface area contributed by atoms with Gasteiger partial charge in [-0.2, -0.15) is 0 Å². The first kappa shape index (κ1) is 14.4. The number of aryl methyl sites for hydroxylation is 1. The molecule has 116 valence electrons. The van der Waals surface area contributed by atoms with Crippen molar-refractivity contribution >= 4 is 45.2 Å². The van der Waals surface area contributed by atoms with E-state index >= 15 is 0 Å². The van der Waals surface area contributed by atoms with E-state index in [-0.39, 0.29) is 5.78 Å². The summed E-state index contributed by atoms with van der Waals surface area (Å²) in [5, 5.41) is 3.27. The Morgan fingerprint density at radius 1 is 1.26 bits per heavy atom. The van der Waals surface area contributed by atoms with Gasteiger partial charge in [-0.05, 0) is 45.0 Å². The summed E-state index contributed by atoms with van der Waals surface area (Å²) in [4.78, 5) is 14.9. The highest BCUT2D eigenvalue weighted by Crippen LogP contribution is 2.51. The average Bonchev–Trinajstić information content (AvgIpc) is 3.03. The molecule has 0 bridgehead atoms. The molecular weight excluding hydrogens is 306 g/mol. The van der Waals surface area contributed by atoms with Crippen LogP contribution in [0, 0.1) is 6.92 Å². The van der Waals surface area contributed by atoms with Gasteiger partial charge in [0.05, 0.1) is 16.1 Å². The predicted molar refractivity (Wildman–Crippen MR) is 96.1 cm³/mol. The Morgan fingerprint density at radius 2 is 2.04 bits per heavy atom. The van der Waals surface area contributed by atoms with Gasteiger partial charge in [-0.15, -0.1) is 0 Å². The van der Waals surface area contributed by atoms with Crippen LogP contribution in [-0.2, 0) is 4.79 Å². The molecule has 0 saturated heterocycles. The van der Waals surface area contributed by atoms with Crippen LogP contribution in [0.2, 0.25) is 0 Å². The minimum atomic E-state index is 0.0721. The van der Waals surface area contributed by atoms with E-state index in [9.17, 15) is 4.79 Å². The SMILES string of the molecule is CCN1C(=CC(C)=O)Sc2ccc3oc4ccc(C)cc4c3c21. The Hall–Kier alpha value is -2.20. The first-order chi connectivity index (χ1) is 11.1. The number of fused-ring (bicyclic) bond motifs is 5. The summed E-state index contributed by atoms with van der Waals surface area (Å²) in [6.45, 7) is 6.61. The van der Waals surface area contributed by atoms with Gasteiger partial charge in [0, 0.05) is 22.9 Å². The molecule has 0 unspecified atom stereocenters. The monoisotopic (exact) mass is 323 g/mol. The second-order valence-electron chi connectivity index (χ2n) is 5.83. The Morgan fingerprint density at radius 3 is 2.78 bits per heavy atom. The molecular formula is C19H17NO2S. The third-order valence-electron chi connectivity index (χ3n) is 4.12. The highest BCUT2D eigenvalue weighted by atomic mass is 32.2. The van der Waals surface area contributed by atoms with Crippen molar-refractivity contribution in [3.63, 3.8) is 0 Å². The van der Waals surface area contributed by atoms with Crippen LogP contribution in [-0.4, -0.2) is 12.3 Å². The second-order valence-corrected chi connectivity index (χ2v) is 6.89. The number of thioether (sulfide) groups is 1. The topological polar surface area (TPSA) is 33.5 Å². The maximum absolute atomic E-state index is 11.5. The molecule has 1 aliphatic rings. The van der Waals surface area contributed by atoms with Crippen LogP contribution >= 0.6 is 11.8 Å². The van der Waals surface area contributed by atoms with Gasteiger partial charge >= 0.3 is 0 Å². The fourth-order valence-corrected chi connectivity index (χ4v) is 4.39. The summed E-state index contributed by atoms with van der Waals surface area (Å²) >= 11 is 1.65. The van der Waals surface area contributed by atoms with Crippen LogP contribution in [0.4, 0.5) is 5.69 Å². The smallest absolute Gasteiger partial charge is 0.155 e. The number of rotatable bonds is 2. The van der Waals surface area contributed by atoms with Gasteiger partial charge in [0.1, 0.15) is 11.2 Å². The van der Waals surface area contributed by atoms with Crippen LogP contribution in [0.15, 0.2) is 50.7 Å². The number of benzene rings is 2. The molecule has 0 saturated carbocycles. The molecule has 1 aliphatic heterocycles. The first-order valence-corrected chi connectivity index (χ1v) is 8.53. The van der Waals surface area contributed by atoms with Crippen molar-refractivity contribution < 1.29 is 9.21 Å². The highest BCUT2D eigenvalue weighted by molar-refractivity contribution is 8.03. The molecule has 1 aromatic heterocycles. The van der Waals surface area contributed by atoms with Crippen molar-refractivity contribution in [2.75, 3.05) is 11.4 Å². The zero-order valence-electron chi connectivity index (χ0n) is 13.3. The lowest BCUT2D eigenvalue weighted by Crippen LogP contribution is -2.17. The van der Waals surface area contributed by atoms with Crippen molar-refractivity contribution in [3.05, 3.63) is 47.0 Å². The number of ketones is 1. The van der Waals surface area contributed by atoms with Gasteiger partial charge < -0.3 is 9.32 Å². The number of allylic oxidation sites excluding steroid dienone is 1. The fraction of sp³-hybridized carbons (Fsp3) is 0.211. The summed E-state index contributed by atoms with van der Waals surface area (Å²) in [5.74, 6) is 0.0721. The van der Waals surface area contributed by atoms with Gasteiger partial charge in [-0.3, -0.25) is 4.79 Å². The predicted octanol–water partition coefficient (Wildman–Crippen LogP) is 5.26. The van der Waals surface area contributed by atoms with E-state index in [1.54, 1.807) is 24.8 Å². The minimum Gasteiger partial charge on any atom is -0.456 e. The first-order valence-electron chi connectivity index (χ1n) is 7.72. The van der Waals surface area contributed by atoms with Gasteiger partial charge in [0.25, 0.3) is 0 Å². The van der Waals surface area contributed by atoms with E-state index in [1.807, 2.05) is 12.1 Å². The zero-order chi connectivity index (χ0) is 16.1. The quantitative estimate of drug-likeness (QED) is 0.603. The molecule has 0 radical (unpaired) electrons. The fourth-order valence-electron chi connectivity index (χ4n) is 3.17. The number of furan rings is 1. The van der Waals surface area contributed by atoms with Crippen molar-refractivity contribution in [2.24, 2.45) is 0 Å². The molecule has 0 amide bonds. The lowest BCUT2D eigenvalue weighted by atomic mass is 10.1.